The SMILES string of the molecule is CCCCOc1c(-c2cn[nH]c2)ncc2nc(NC3CCN(SC)CC3)nn12. The van der Waals surface area contributed by atoms with Crippen LogP contribution in [0.25, 0.3) is 16.9 Å². The van der Waals surface area contributed by atoms with Crippen LogP contribution in [-0.2, 0) is 0 Å². The first kappa shape index (κ1) is 19.0. The minimum absolute atomic E-state index is 0.381. The fraction of sp³-hybridized carbons (Fsp3) is 0.556. The van der Waals surface area contributed by atoms with E-state index in [0.717, 1.165) is 44.3 Å². The Kier molecular flexibility index (Phi) is 5.96. The van der Waals surface area contributed by atoms with Gasteiger partial charge < -0.3 is 10.1 Å². The number of nitrogens with one attached hydrogen (secondary N) is 2. The van der Waals surface area contributed by atoms with E-state index in [1.54, 1.807) is 23.1 Å². The van der Waals surface area contributed by atoms with Crippen molar-refractivity contribution < 1.29 is 4.74 Å². The van der Waals surface area contributed by atoms with Crippen molar-refractivity contribution in [3.05, 3.63) is 18.6 Å². The van der Waals surface area contributed by atoms with Crippen molar-refractivity contribution in [1.29, 1.82) is 0 Å². The number of rotatable bonds is 8. The molecule has 1 aliphatic rings. The van der Waals surface area contributed by atoms with E-state index < -0.39 is 0 Å². The van der Waals surface area contributed by atoms with Crippen molar-refractivity contribution in [2.45, 2.75) is 38.6 Å². The molecule has 0 unspecified atom stereocenters. The van der Waals surface area contributed by atoms with E-state index in [-0.39, 0.29) is 0 Å². The van der Waals surface area contributed by atoms with Crippen molar-refractivity contribution in [1.82, 2.24) is 34.1 Å². The summed E-state index contributed by atoms with van der Waals surface area (Å²) in [5.41, 5.74) is 2.24. The first-order chi connectivity index (χ1) is 13.8. The zero-order valence-corrected chi connectivity index (χ0v) is 17.1. The molecule has 0 aliphatic carbocycles. The number of fused-ring (bicyclic) bond motifs is 1. The van der Waals surface area contributed by atoms with E-state index >= 15 is 0 Å². The molecule has 1 fully saturated rings. The first-order valence-electron chi connectivity index (χ1n) is 9.71. The van der Waals surface area contributed by atoms with Crippen LogP contribution in [0.4, 0.5) is 5.95 Å². The minimum atomic E-state index is 0.381. The summed E-state index contributed by atoms with van der Waals surface area (Å²) >= 11 is 1.81. The Labute approximate surface area is 168 Å². The van der Waals surface area contributed by atoms with Crippen LogP contribution in [0.2, 0.25) is 0 Å². The molecule has 0 saturated carbocycles. The van der Waals surface area contributed by atoms with Crippen LogP contribution in [0.15, 0.2) is 18.6 Å². The van der Waals surface area contributed by atoms with Crippen molar-refractivity contribution >= 4 is 23.5 Å². The number of aromatic amines is 1. The minimum Gasteiger partial charge on any atom is -0.476 e. The van der Waals surface area contributed by atoms with Crippen LogP contribution in [0.3, 0.4) is 0 Å². The summed E-state index contributed by atoms with van der Waals surface area (Å²) in [7, 11) is 0. The lowest BCUT2D eigenvalue weighted by atomic mass is 10.1. The van der Waals surface area contributed by atoms with Gasteiger partial charge in [-0.25, -0.2) is 4.98 Å². The maximum atomic E-state index is 6.07. The van der Waals surface area contributed by atoms with Crippen LogP contribution < -0.4 is 10.1 Å². The maximum Gasteiger partial charge on any atom is 0.244 e. The summed E-state index contributed by atoms with van der Waals surface area (Å²) < 4.78 is 10.2. The lowest BCUT2D eigenvalue weighted by molar-refractivity contribution is 0.290. The highest BCUT2D eigenvalue weighted by Crippen LogP contribution is 2.28. The summed E-state index contributed by atoms with van der Waals surface area (Å²) in [4.78, 5) is 9.18. The summed E-state index contributed by atoms with van der Waals surface area (Å²) in [5, 5.41) is 15.0. The molecule has 0 spiro atoms. The number of piperidine rings is 1. The van der Waals surface area contributed by atoms with Gasteiger partial charge in [0.05, 0.1) is 19.0 Å². The predicted molar refractivity (Wildman–Crippen MR) is 110 cm³/mol. The number of H-pyrrole nitrogens is 1. The summed E-state index contributed by atoms with van der Waals surface area (Å²) in [6, 6.07) is 0.381. The Morgan fingerprint density at radius 3 is 2.89 bits per heavy atom. The van der Waals surface area contributed by atoms with Gasteiger partial charge in [0, 0.05) is 30.9 Å². The van der Waals surface area contributed by atoms with Gasteiger partial charge >= 0.3 is 0 Å². The van der Waals surface area contributed by atoms with Crippen molar-refractivity contribution in [3.63, 3.8) is 0 Å². The topological polar surface area (TPSA) is 96.3 Å². The predicted octanol–water partition coefficient (Wildman–Crippen LogP) is 2.85. The van der Waals surface area contributed by atoms with Gasteiger partial charge in [0.2, 0.25) is 11.8 Å². The number of unbranched alkanes of at least 4 members (excludes halogenated alkanes) is 1. The van der Waals surface area contributed by atoms with Crippen molar-refractivity contribution in [2.24, 2.45) is 0 Å². The van der Waals surface area contributed by atoms with Crippen LogP contribution in [0.5, 0.6) is 5.88 Å². The van der Waals surface area contributed by atoms with Crippen molar-refractivity contribution in [3.8, 4) is 17.1 Å². The number of aromatic nitrogens is 6. The van der Waals surface area contributed by atoms with Crippen molar-refractivity contribution in [2.75, 3.05) is 31.3 Å². The molecule has 3 aromatic heterocycles. The third-order valence-electron chi connectivity index (χ3n) is 4.89. The van der Waals surface area contributed by atoms with Crippen LogP contribution >= 0.6 is 11.9 Å². The Balaban J connectivity index is 1.60. The fourth-order valence-corrected chi connectivity index (χ4v) is 3.86. The molecule has 0 atom stereocenters. The van der Waals surface area contributed by atoms with Gasteiger partial charge in [0.15, 0.2) is 5.65 Å². The van der Waals surface area contributed by atoms with E-state index in [4.69, 9.17) is 4.74 Å². The molecule has 0 aromatic carbocycles. The van der Waals surface area contributed by atoms with E-state index in [0.29, 0.717) is 35.8 Å². The molecule has 28 heavy (non-hydrogen) atoms. The third-order valence-corrected chi connectivity index (χ3v) is 5.77. The third kappa shape index (κ3) is 4.07. The highest BCUT2D eigenvalue weighted by molar-refractivity contribution is 7.96. The lowest BCUT2D eigenvalue weighted by Crippen LogP contribution is -2.35. The van der Waals surface area contributed by atoms with E-state index in [1.807, 2.05) is 11.9 Å². The molecule has 0 amide bonds. The zero-order chi connectivity index (χ0) is 19.3. The highest BCUT2D eigenvalue weighted by atomic mass is 32.2. The fourth-order valence-electron chi connectivity index (χ4n) is 3.28. The Hall–Kier alpha value is -2.33. The Morgan fingerprint density at radius 2 is 2.18 bits per heavy atom. The molecule has 10 heteroatoms. The van der Waals surface area contributed by atoms with Crippen LogP contribution in [0, 0.1) is 0 Å². The first-order valence-corrected chi connectivity index (χ1v) is 10.9. The lowest BCUT2D eigenvalue weighted by Gasteiger charge is -2.30. The second kappa shape index (κ2) is 8.78. The van der Waals surface area contributed by atoms with Gasteiger partial charge in [-0.05, 0) is 25.5 Å². The quantitative estimate of drug-likeness (QED) is 0.439. The molecule has 150 valence electrons. The van der Waals surface area contributed by atoms with Gasteiger partial charge in [-0.3, -0.25) is 9.40 Å². The largest absolute Gasteiger partial charge is 0.476 e. The highest BCUT2D eigenvalue weighted by Gasteiger charge is 2.21. The van der Waals surface area contributed by atoms with Gasteiger partial charge in [-0.2, -0.15) is 14.6 Å². The zero-order valence-electron chi connectivity index (χ0n) is 16.3. The standard InChI is InChI=1S/C18H26N8OS/c1-3-4-9-27-17-16(13-10-20-21-11-13)19-12-15-23-18(24-26(15)17)22-14-5-7-25(28-2)8-6-14/h10-12,14H,3-9H2,1-2H3,(H,20,21)(H,22,24). The van der Waals surface area contributed by atoms with Gasteiger partial charge in [0.25, 0.3) is 0 Å². The Morgan fingerprint density at radius 1 is 1.32 bits per heavy atom. The van der Waals surface area contributed by atoms with Crippen LogP contribution in [0.1, 0.15) is 32.6 Å². The average molecular weight is 403 g/mol. The van der Waals surface area contributed by atoms with Crippen LogP contribution in [-0.4, -0.2) is 66.1 Å². The molecule has 1 aliphatic heterocycles. The molecule has 9 nitrogen and oxygen atoms in total. The molecule has 4 heterocycles. The summed E-state index contributed by atoms with van der Waals surface area (Å²) in [5.74, 6) is 1.22. The molecular formula is C18H26N8OS. The van der Waals surface area contributed by atoms with E-state index in [9.17, 15) is 0 Å². The number of nitrogens with zero attached hydrogens (tertiary/aromatic N) is 6. The molecule has 1 saturated heterocycles. The molecule has 0 bridgehead atoms. The molecule has 2 N–H and O–H groups in total. The second-order valence-corrected chi connectivity index (χ2v) is 7.72. The van der Waals surface area contributed by atoms with Gasteiger partial charge in [0.1, 0.15) is 5.69 Å². The number of hydrogen-bond donors (Lipinski definition) is 2. The van der Waals surface area contributed by atoms with Gasteiger partial charge in [-0.1, -0.05) is 25.3 Å². The number of anilines is 1. The normalized spacial score (nSPS) is 15.9. The molecular weight excluding hydrogens is 376 g/mol. The Bertz CT molecular complexity index is 889. The van der Waals surface area contributed by atoms with E-state index in [2.05, 4.69) is 48.1 Å². The monoisotopic (exact) mass is 402 g/mol. The van der Waals surface area contributed by atoms with Gasteiger partial charge in [-0.15, -0.1) is 5.10 Å². The molecule has 3 aromatic rings. The maximum absolute atomic E-state index is 6.07. The molecule has 4 rings (SSSR count). The summed E-state index contributed by atoms with van der Waals surface area (Å²) in [6.07, 6.45) is 11.6. The number of ether oxygens (including phenoxy) is 1. The average Bonchev–Trinajstić information content (AvgIpc) is 3.38. The second-order valence-electron chi connectivity index (χ2n) is 6.84. The number of hydrogen-bond acceptors (Lipinski definition) is 8. The molecule has 0 radical (unpaired) electrons. The smallest absolute Gasteiger partial charge is 0.244 e. The van der Waals surface area contributed by atoms with E-state index in [1.165, 1.54) is 0 Å². The summed E-state index contributed by atoms with van der Waals surface area (Å²) in [6.45, 7) is 4.89.